The van der Waals surface area contributed by atoms with Crippen molar-refractivity contribution in [1.29, 1.82) is 0 Å². The van der Waals surface area contributed by atoms with Gasteiger partial charge in [0, 0.05) is 21.9 Å². The Morgan fingerprint density at radius 2 is 1.50 bits per heavy atom. The van der Waals surface area contributed by atoms with E-state index in [9.17, 15) is 4.79 Å². The number of nitrogens with zero attached hydrogens (tertiary/aromatic N) is 2. The van der Waals surface area contributed by atoms with Gasteiger partial charge in [0.05, 0.1) is 22.5 Å². The lowest BCUT2D eigenvalue weighted by atomic mass is 9.98. The van der Waals surface area contributed by atoms with Crippen LogP contribution in [0.5, 0.6) is 0 Å². The Morgan fingerprint density at radius 1 is 0.844 bits per heavy atom. The van der Waals surface area contributed by atoms with Gasteiger partial charge in [0.1, 0.15) is 11.6 Å². The largest absolute Gasteiger partial charge is 0.456 e. The Hall–Kier alpha value is -3.83. The molecule has 4 nitrogen and oxygen atoms in total. The number of aromatic nitrogens is 2. The van der Waals surface area contributed by atoms with Crippen LogP contribution in [0.2, 0.25) is 0 Å². The summed E-state index contributed by atoms with van der Waals surface area (Å²) in [6.07, 6.45) is 0. The van der Waals surface area contributed by atoms with Gasteiger partial charge >= 0.3 is 5.97 Å². The normalized spacial score (nSPS) is 10.9. The fourth-order valence-corrected chi connectivity index (χ4v) is 4.56. The van der Waals surface area contributed by atoms with Gasteiger partial charge in [-0.1, -0.05) is 78.9 Å². The standard InChI is InChI=1S/C27H20N2O2S/c1-18-24(22-14-8-9-15-23(22)29-25(18)19-10-4-2-5-11-19)27(30)31-16-21-17-32-26(28-21)20-12-6-3-7-13-20/h2-15,17H,16H2,1H3. The Bertz CT molecular complexity index is 1400. The van der Waals surface area contributed by atoms with Crippen LogP contribution in [-0.4, -0.2) is 15.9 Å². The van der Waals surface area contributed by atoms with E-state index in [0.717, 1.165) is 44.0 Å². The van der Waals surface area contributed by atoms with Crippen molar-refractivity contribution in [2.24, 2.45) is 0 Å². The second-order valence-electron chi connectivity index (χ2n) is 7.43. The van der Waals surface area contributed by atoms with Crippen molar-refractivity contribution in [1.82, 2.24) is 9.97 Å². The van der Waals surface area contributed by atoms with Crippen molar-refractivity contribution < 1.29 is 9.53 Å². The van der Waals surface area contributed by atoms with Gasteiger partial charge in [-0.25, -0.2) is 14.8 Å². The van der Waals surface area contributed by atoms with E-state index >= 15 is 0 Å². The summed E-state index contributed by atoms with van der Waals surface area (Å²) >= 11 is 1.54. The Balaban J connectivity index is 1.46. The minimum absolute atomic E-state index is 0.124. The van der Waals surface area contributed by atoms with E-state index in [1.807, 2.05) is 97.2 Å². The molecule has 0 N–H and O–H groups in total. The predicted octanol–water partition coefficient (Wildman–Crippen LogP) is 6.69. The van der Waals surface area contributed by atoms with E-state index < -0.39 is 0 Å². The first-order chi connectivity index (χ1) is 15.7. The van der Waals surface area contributed by atoms with Gasteiger partial charge in [0.2, 0.25) is 0 Å². The van der Waals surface area contributed by atoms with Crippen LogP contribution in [0.4, 0.5) is 0 Å². The van der Waals surface area contributed by atoms with Crippen LogP contribution in [0.25, 0.3) is 32.7 Å². The zero-order chi connectivity index (χ0) is 21.9. The minimum Gasteiger partial charge on any atom is -0.456 e. The molecule has 0 atom stereocenters. The number of hydrogen-bond acceptors (Lipinski definition) is 5. The van der Waals surface area contributed by atoms with Crippen LogP contribution in [0.15, 0.2) is 90.3 Å². The smallest absolute Gasteiger partial charge is 0.339 e. The van der Waals surface area contributed by atoms with E-state index in [2.05, 4.69) is 4.98 Å². The summed E-state index contributed by atoms with van der Waals surface area (Å²) in [5.74, 6) is -0.368. The van der Waals surface area contributed by atoms with Gasteiger partial charge in [0.25, 0.3) is 0 Å². The van der Waals surface area contributed by atoms with Gasteiger partial charge in [-0.2, -0.15) is 0 Å². The third-order valence-electron chi connectivity index (χ3n) is 5.31. The van der Waals surface area contributed by atoms with E-state index in [-0.39, 0.29) is 12.6 Å². The number of carbonyl (C=O) groups excluding carboxylic acids is 1. The summed E-state index contributed by atoms with van der Waals surface area (Å²) < 4.78 is 5.72. The topological polar surface area (TPSA) is 52.1 Å². The quantitative estimate of drug-likeness (QED) is 0.288. The van der Waals surface area contributed by atoms with Crippen LogP contribution < -0.4 is 0 Å². The molecular formula is C27H20N2O2S. The highest BCUT2D eigenvalue weighted by Crippen LogP contribution is 2.30. The predicted molar refractivity (Wildman–Crippen MR) is 129 cm³/mol. The Labute approximate surface area is 190 Å². The molecule has 0 bridgehead atoms. The summed E-state index contributed by atoms with van der Waals surface area (Å²) in [4.78, 5) is 22.7. The van der Waals surface area contributed by atoms with Crippen molar-refractivity contribution in [3.8, 4) is 21.8 Å². The fraction of sp³-hybridized carbons (Fsp3) is 0.0741. The zero-order valence-electron chi connectivity index (χ0n) is 17.5. The maximum Gasteiger partial charge on any atom is 0.339 e. The lowest BCUT2D eigenvalue weighted by Gasteiger charge is -2.14. The van der Waals surface area contributed by atoms with Gasteiger partial charge < -0.3 is 4.74 Å². The number of para-hydroxylation sites is 1. The van der Waals surface area contributed by atoms with E-state index in [4.69, 9.17) is 9.72 Å². The Morgan fingerprint density at radius 3 is 2.25 bits per heavy atom. The molecule has 0 radical (unpaired) electrons. The molecule has 0 unspecified atom stereocenters. The van der Waals surface area contributed by atoms with Crippen LogP contribution in [-0.2, 0) is 11.3 Å². The molecule has 0 saturated heterocycles. The minimum atomic E-state index is -0.368. The molecule has 0 aliphatic rings. The molecule has 3 aromatic carbocycles. The van der Waals surface area contributed by atoms with Crippen molar-refractivity contribution in [3.63, 3.8) is 0 Å². The average molecular weight is 437 g/mol. The highest BCUT2D eigenvalue weighted by Gasteiger charge is 2.20. The van der Waals surface area contributed by atoms with Crippen LogP contribution in [0.3, 0.4) is 0 Å². The number of rotatable bonds is 5. The summed E-state index contributed by atoms with van der Waals surface area (Å²) in [6.45, 7) is 2.05. The molecule has 0 amide bonds. The summed E-state index contributed by atoms with van der Waals surface area (Å²) in [7, 11) is 0. The van der Waals surface area contributed by atoms with Crippen molar-refractivity contribution in [2.75, 3.05) is 0 Å². The number of ether oxygens (including phenoxy) is 1. The number of pyridine rings is 1. The van der Waals surface area contributed by atoms with E-state index in [0.29, 0.717) is 5.56 Å². The van der Waals surface area contributed by atoms with Crippen LogP contribution in [0.1, 0.15) is 21.6 Å². The van der Waals surface area contributed by atoms with Crippen LogP contribution >= 0.6 is 11.3 Å². The van der Waals surface area contributed by atoms with Gasteiger partial charge in [-0.15, -0.1) is 11.3 Å². The van der Waals surface area contributed by atoms with Gasteiger partial charge in [-0.3, -0.25) is 0 Å². The van der Waals surface area contributed by atoms with Crippen molar-refractivity contribution >= 4 is 28.2 Å². The second kappa shape index (κ2) is 8.73. The molecule has 2 heterocycles. The number of esters is 1. The molecule has 32 heavy (non-hydrogen) atoms. The molecule has 156 valence electrons. The highest BCUT2D eigenvalue weighted by molar-refractivity contribution is 7.13. The molecule has 0 saturated carbocycles. The SMILES string of the molecule is Cc1c(-c2ccccc2)nc2ccccc2c1C(=O)OCc1csc(-c2ccccc2)n1. The Kier molecular flexibility index (Phi) is 5.48. The number of fused-ring (bicyclic) bond motifs is 1. The number of hydrogen-bond donors (Lipinski definition) is 0. The van der Waals surface area contributed by atoms with Crippen molar-refractivity contribution in [3.05, 3.63) is 107 Å². The molecule has 5 aromatic rings. The molecule has 2 aromatic heterocycles. The summed E-state index contributed by atoms with van der Waals surface area (Å²) in [5.41, 5.74) is 5.67. The molecule has 5 heteroatoms. The lowest BCUT2D eigenvalue weighted by Crippen LogP contribution is -2.10. The molecule has 0 spiro atoms. The molecule has 0 fully saturated rings. The third kappa shape index (κ3) is 3.90. The number of carbonyl (C=O) groups is 1. The number of thiazole rings is 1. The van der Waals surface area contributed by atoms with Crippen LogP contribution in [0, 0.1) is 6.92 Å². The fourth-order valence-electron chi connectivity index (χ4n) is 3.75. The molecular weight excluding hydrogens is 416 g/mol. The molecule has 0 aliphatic heterocycles. The van der Waals surface area contributed by atoms with E-state index in [1.54, 1.807) is 11.3 Å². The molecule has 5 rings (SSSR count). The van der Waals surface area contributed by atoms with Crippen molar-refractivity contribution in [2.45, 2.75) is 13.5 Å². The lowest BCUT2D eigenvalue weighted by molar-refractivity contribution is 0.0470. The number of benzene rings is 3. The average Bonchev–Trinajstić information content (AvgIpc) is 3.32. The first-order valence-electron chi connectivity index (χ1n) is 10.3. The highest BCUT2D eigenvalue weighted by atomic mass is 32.1. The van der Waals surface area contributed by atoms with E-state index in [1.165, 1.54) is 0 Å². The monoisotopic (exact) mass is 436 g/mol. The first kappa shape index (κ1) is 20.1. The van der Waals surface area contributed by atoms with Gasteiger partial charge in [-0.05, 0) is 18.6 Å². The first-order valence-corrected chi connectivity index (χ1v) is 11.2. The maximum absolute atomic E-state index is 13.2. The summed E-state index contributed by atoms with van der Waals surface area (Å²) in [6, 6.07) is 27.6. The third-order valence-corrected chi connectivity index (χ3v) is 6.25. The summed E-state index contributed by atoms with van der Waals surface area (Å²) in [5, 5.41) is 3.63. The van der Waals surface area contributed by atoms with Gasteiger partial charge in [0.15, 0.2) is 0 Å². The second-order valence-corrected chi connectivity index (χ2v) is 8.29. The molecule has 0 aliphatic carbocycles. The maximum atomic E-state index is 13.2. The zero-order valence-corrected chi connectivity index (χ0v) is 18.3.